The zero-order valence-corrected chi connectivity index (χ0v) is 17.4. The van der Waals surface area contributed by atoms with Crippen molar-refractivity contribution in [2.45, 2.75) is 23.4 Å². The lowest BCUT2D eigenvalue weighted by molar-refractivity contribution is -0.256. The number of aromatic nitrogens is 1. The molecule has 3 heterocycles. The Morgan fingerprint density at radius 2 is 2.23 bits per heavy atom. The number of thioether (sulfide) groups is 1. The molecule has 13 nitrogen and oxygen atoms in total. The van der Waals surface area contributed by atoms with Gasteiger partial charge in [-0.3, -0.25) is 19.2 Å². The summed E-state index contributed by atoms with van der Waals surface area (Å²) >= 11 is 1.98. The van der Waals surface area contributed by atoms with Gasteiger partial charge in [-0.05, 0) is 6.26 Å². The molecule has 2 unspecified atom stereocenters. The van der Waals surface area contributed by atoms with E-state index in [2.05, 4.69) is 15.5 Å². The number of oxime groups is 1. The minimum Gasteiger partial charge on any atom is -0.477 e. The van der Waals surface area contributed by atoms with Gasteiger partial charge in [-0.2, -0.15) is 5.06 Å². The number of aliphatic carboxylic acids is 1. The van der Waals surface area contributed by atoms with Gasteiger partial charge in [0.05, 0.1) is 6.42 Å². The number of thiazole rings is 1. The average Bonchev–Trinajstić information content (AvgIpc) is 3.39. The summed E-state index contributed by atoms with van der Waals surface area (Å²) in [5, 5.41) is 17.9. The number of nitrogens with one attached hydrogen (secondary N) is 1. The number of hydroxylamine groups is 2. The molecule has 3 rings (SSSR count). The van der Waals surface area contributed by atoms with Crippen LogP contribution in [0.1, 0.15) is 18.5 Å². The van der Waals surface area contributed by atoms with Crippen molar-refractivity contribution in [2.24, 2.45) is 5.16 Å². The van der Waals surface area contributed by atoms with E-state index in [-0.39, 0.29) is 29.4 Å². The van der Waals surface area contributed by atoms with Crippen molar-refractivity contribution >= 4 is 57.7 Å². The number of ether oxygens (including phenoxy) is 1. The van der Waals surface area contributed by atoms with E-state index >= 15 is 0 Å². The number of carbonyl (C=O) groups is 4. The molecule has 1 aromatic rings. The van der Waals surface area contributed by atoms with Crippen LogP contribution in [0, 0.1) is 0 Å². The predicted octanol–water partition coefficient (Wildman–Crippen LogP) is -0.857. The summed E-state index contributed by atoms with van der Waals surface area (Å²) in [6.07, 6.45) is 1.03. The van der Waals surface area contributed by atoms with E-state index in [0.717, 1.165) is 23.1 Å². The van der Waals surface area contributed by atoms with E-state index in [0.29, 0.717) is 5.06 Å². The van der Waals surface area contributed by atoms with E-state index in [1.165, 1.54) is 18.7 Å². The smallest absolute Gasteiger partial charge is 0.372 e. The maximum absolute atomic E-state index is 13.1. The maximum Gasteiger partial charge on any atom is 0.372 e. The molecule has 15 heteroatoms. The van der Waals surface area contributed by atoms with Crippen molar-refractivity contribution in [3.8, 4) is 0 Å². The lowest BCUT2D eigenvalue weighted by Gasteiger charge is -2.32. The number of nitrogens with two attached hydrogens (primary N) is 1. The molecule has 1 aromatic heterocycles. The summed E-state index contributed by atoms with van der Waals surface area (Å²) < 4.78 is 4.92. The summed E-state index contributed by atoms with van der Waals surface area (Å²) in [6, 6.07) is 0. The Labute approximate surface area is 177 Å². The normalized spacial score (nSPS) is 26.6. The molecule has 2 atom stereocenters. The largest absolute Gasteiger partial charge is 0.477 e. The highest BCUT2D eigenvalue weighted by molar-refractivity contribution is 8.00. The second-order valence-corrected chi connectivity index (χ2v) is 8.11. The molecule has 0 aliphatic carbocycles. The molecule has 2 aliphatic rings. The van der Waals surface area contributed by atoms with Crippen LogP contribution < -0.4 is 11.1 Å². The number of rotatable bonds is 7. The number of cyclic esters (lactones) is 1. The lowest BCUT2D eigenvalue weighted by Crippen LogP contribution is -2.60. The lowest BCUT2D eigenvalue weighted by atomic mass is 10.1. The Morgan fingerprint density at radius 1 is 1.50 bits per heavy atom. The summed E-state index contributed by atoms with van der Waals surface area (Å²) in [5.41, 5.74) is 3.17. The molecular formula is C15H17N5O8S2. The van der Waals surface area contributed by atoms with Crippen molar-refractivity contribution in [3.05, 3.63) is 11.1 Å². The molecule has 0 aromatic carbocycles. The van der Waals surface area contributed by atoms with Gasteiger partial charge >= 0.3 is 17.7 Å². The van der Waals surface area contributed by atoms with Crippen molar-refractivity contribution in [3.63, 3.8) is 0 Å². The molecule has 2 aliphatic heterocycles. The average molecular weight is 459 g/mol. The van der Waals surface area contributed by atoms with E-state index in [4.69, 9.17) is 20.1 Å². The van der Waals surface area contributed by atoms with Crippen LogP contribution in [0.2, 0.25) is 0 Å². The number of carboxylic acid groups (broad SMARTS) is 1. The number of esters is 1. The zero-order chi connectivity index (χ0) is 22.1. The topological polar surface area (TPSA) is 183 Å². The molecule has 0 radical (unpaired) electrons. The Morgan fingerprint density at radius 3 is 2.73 bits per heavy atom. The number of hydrogen-bond acceptors (Lipinski definition) is 12. The highest BCUT2D eigenvalue weighted by atomic mass is 32.2. The molecule has 2 amide bonds. The van der Waals surface area contributed by atoms with E-state index in [1.807, 2.05) is 0 Å². The molecule has 2 fully saturated rings. The molecule has 30 heavy (non-hydrogen) atoms. The monoisotopic (exact) mass is 459 g/mol. The van der Waals surface area contributed by atoms with Crippen molar-refractivity contribution < 1.29 is 38.7 Å². The molecule has 2 saturated heterocycles. The van der Waals surface area contributed by atoms with Crippen LogP contribution in [0.15, 0.2) is 10.5 Å². The first-order valence-electron chi connectivity index (χ1n) is 8.32. The first-order valence-corrected chi connectivity index (χ1v) is 10.4. The van der Waals surface area contributed by atoms with Crippen LogP contribution in [0.5, 0.6) is 0 Å². The third-order valence-corrected chi connectivity index (χ3v) is 6.13. The zero-order valence-electron chi connectivity index (χ0n) is 15.7. The predicted molar refractivity (Wildman–Crippen MR) is 103 cm³/mol. The Bertz CT molecular complexity index is 936. The van der Waals surface area contributed by atoms with Gasteiger partial charge in [-0.15, -0.1) is 23.1 Å². The second-order valence-electron chi connectivity index (χ2n) is 6.12. The fraction of sp³-hybridized carbons (Fsp3) is 0.467. The molecule has 0 saturated carbocycles. The van der Waals surface area contributed by atoms with E-state index in [1.54, 1.807) is 0 Å². The van der Waals surface area contributed by atoms with Crippen molar-refractivity contribution in [2.75, 3.05) is 25.7 Å². The van der Waals surface area contributed by atoms with Gasteiger partial charge in [-0.1, -0.05) is 5.16 Å². The molecule has 162 valence electrons. The second kappa shape index (κ2) is 8.08. The van der Waals surface area contributed by atoms with Crippen LogP contribution >= 0.6 is 23.1 Å². The Balaban J connectivity index is 1.88. The van der Waals surface area contributed by atoms with Crippen LogP contribution in [0.25, 0.3) is 0 Å². The summed E-state index contributed by atoms with van der Waals surface area (Å²) in [4.78, 5) is 61.6. The summed E-state index contributed by atoms with van der Waals surface area (Å²) in [5.74, 6) is -4.09. The minimum atomic E-state index is -2.30. The van der Waals surface area contributed by atoms with Crippen LogP contribution in [0.4, 0.5) is 5.13 Å². The maximum atomic E-state index is 13.1. The molecule has 0 bridgehead atoms. The number of hydrogen-bond donors (Lipinski definition) is 3. The minimum absolute atomic E-state index is 0.128. The fourth-order valence-electron chi connectivity index (χ4n) is 2.87. The standard InChI is InChI=1S/C15H17N5O8S2/c1-26-19-9(7-5-30-13(16)17-7)10(22)18-14(29-2)6-27-20(11(14)23)15(12(24)25)4-3-8(21)28-15/h5H,3-4,6H2,1-2H3,(H2,16,17)(H,18,22)(H,24,25)/b19-9-. The number of nitrogen functional groups attached to an aromatic ring is 1. The first-order chi connectivity index (χ1) is 14.2. The third kappa shape index (κ3) is 3.54. The van der Waals surface area contributed by atoms with Gasteiger partial charge in [0.25, 0.3) is 11.8 Å². The summed E-state index contributed by atoms with van der Waals surface area (Å²) in [6.45, 7) is -0.412. The van der Waals surface area contributed by atoms with Gasteiger partial charge in [0, 0.05) is 11.8 Å². The van der Waals surface area contributed by atoms with Gasteiger partial charge in [0.2, 0.25) is 0 Å². The van der Waals surface area contributed by atoms with Crippen molar-refractivity contribution in [1.82, 2.24) is 15.4 Å². The highest BCUT2D eigenvalue weighted by Crippen LogP contribution is 2.39. The Hall–Kier alpha value is -2.91. The van der Waals surface area contributed by atoms with Crippen LogP contribution in [-0.4, -0.2) is 75.2 Å². The third-order valence-electron chi connectivity index (χ3n) is 4.37. The number of amides is 2. The van der Waals surface area contributed by atoms with E-state index < -0.39 is 41.0 Å². The van der Waals surface area contributed by atoms with Gasteiger partial charge in [0.15, 0.2) is 15.7 Å². The fourth-order valence-corrected chi connectivity index (χ4v) is 4.04. The number of carboxylic acids is 1. The van der Waals surface area contributed by atoms with Gasteiger partial charge in [0.1, 0.15) is 19.4 Å². The van der Waals surface area contributed by atoms with Gasteiger partial charge in [-0.25, -0.2) is 9.78 Å². The molecule has 4 N–H and O–H groups in total. The number of anilines is 1. The summed E-state index contributed by atoms with van der Waals surface area (Å²) in [7, 11) is 1.23. The quantitative estimate of drug-likeness (QED) is 0.200. The van der Waals surface area contributed by atoms with Crippen LogP contribution in [0.3, 0.4) is 0 Å². The molecular weight excluding hydrogens is 442 g/mol. The SMILES string of the molecule is CO/N=C(\C(=O)NC1(SC)CON(C2(C(=O)O)CCC(=O)O2)C1=O)c1csc(N)n1. The van der Waals surface area contributed by atoms with E-state index in [9.17, 15) is 24.3 Å². The number of carbonyl (C=O) groups excluding carboxylic acids is 3. The van der Waals surface area contributed by atoms with Gasteiger partial charge < -0.3 is 25.7 Å². The molecule has 0 spiro atoms. The first kappa shape index (κ1) is 21.8. The highest BCUT2D eigenvalue weighted by Gasteiger charge is 2.63. The van der Waals surface area contributed by atoms with Crippen LogP contribution in [-0.2, 0) is 33.6 Å². The van der Waals surface area contributed by atoms with Crippen molar-refractivity contribution in [1.29, 1.82) is 0 Å². The number of nitrogens with zero attached hydrogens (tertiary/aromatic N) is 3. The Kier molecular flexibility index (Phi) is 5.87.